The summed E-state index contributed by atoms with van der Waals surface area (Å²) in [7, 11) is 0. The lowest BCUT2D eigenvalue weighted by Crippen LogP contribution is -2.40. The van der Waals surface area contributed by atoms with E-state index >= 15 is 0 Å². The number of aromatic nitrogens is 1. The Labute approximate surface area is 145 Å². The number of ether oxygens (including phenoxy) is 1. The summed E-state index contributed by atoms with van der Waals surface area (Å²) in [5.41, 5.74) is 0.297. The van der Waals surface area contributed by atoms with Gasteiger partial charge in [-0.25, -0.2) is 4.98 Å². The van der Waals surface area contributed by atoms with Crippen molar-refractivity contribution in [3.8, 4) is 0 Å². The predicted octanol–water partition coefficient (Wildman–Crippen LogP) is 2.93. The van der Waals surface area contributed by atoms with E-state index in [1.54, 1.807) is 11.3 Å². The summed E-state index contributed by atoms with van der Waals surface area (Å²) in [4.78, 5) is 11.0. The van der Waals surface area contributed by atoms with Crippen molar-refractivity contribution < 1.29 is 4.74 Å². The Balaban J connectivity index is 1.40. The van der Waals surface area contributed by atoms with Crippen molar-refractivity contribution in [3.63, 3.8) is 0 Å². The molecule has 6 heteroatoms. The highest BCUT2D eigenvalue weighted by Crippen LogP contribution is 2.34. The number of thiazole rings is 1. The van der Waals surface area contributed by atoms with Crippen LogP contribution in [0.5, 0.6) is 0 Å². The van der Waals surface area contributed by atoms with E-state index in [0.717, 1.165) is 52.5 Å². The lowest BCUT2D eigenvalue weighted by atomic mass is 9.87. The van der Waals surface area contributed by atoms with Crippen LogP contribution >= 0.6 is 22.7 Å². The molecule has 1 atom stereocenters. The quantitative estimate of drug-likeness (QED) is 0.849. The van der Waals surface area contributed by atoms with Gasteiger partial charge in [0.1, 0.15) is 5.01 Å². The Morgan fingerprint density at radius 1 is 1.13 bits per heavy atom. The van der Waals surface area contributed by atoms with Crippen LogP contribution in [0.1, 0.15) is 16.3 Å². The molecule has 1 spiro atoms. The molecule has 0 amide bonds. The van der Waals surface area contributed by atoms with Gasteiger partial charge < -0.3 is 4.74 Å². The van der Waals surface area contributed by atoms with Crippen LogP contribution in [0, 0.1) is 5.41 Å². The van der Waals surface area contributed by atoms with Crippen molar-refractivity contribution in [2.24, 2.45) is 5.41 Å². The maximum Gasteiger partial charge on any atom is 0.107 e. The van der Waals surface area contributed by atoms with E-state index in [0.29, 0.717) is 5.41 Å². The second-order valence-electron chi connectivity index (χ2n) is 6.73. The first kappa shape index (κ1) is 15.7. The molecular formula is C17H23N3OS2. The van der Waals surface area contributed by atoms with Gasteiger partial charge in [-0.05, 0) is 24.4 Å². The average molecular weight is 350 g/mol. The van der Waals surface area contributed by atoms with Gasteiger partial charge in [-0.15, -0.1) is 22.7 Å². The number of nitrogens with zero attached hydrogens (tertiary/aromatic N) is 3. The van der Waals surface area contributed by atoms with Gasteiger partial charge in [-0.2, -0.15) is 0 Å². The first-order valence-electron chi connectivity index (χ1n) is 8.25. The van der Waals surface area contributed by atoms with Crippen molar-refractivity contribution in [1.82, 2.24) is 14.8 Å². The molecule has 0 aliphatic carbocycles. The molecule has 0 saturated carbocycles. The van der Waals surface area contributed by atoms with Gasteiger partial charge in [-0.3, -0.25) is 9.80 Å². The van der Waals surface area contributed by atoms with Crippen LogP contribution in [0.3, 0.4) is 0 Å². The maximum absolute atomic E-state index is 5.99. The molecule has 2 fully saturated rings. The van der Waals surface area contributed by atoms with E-state index < -0.39 is 0 Å². The van der Waals surface area contributed by atoms with Crippen molar-refractivity contribution >= 4 is 22.7 Å². The molecule has 0 aromatic carbocycles. The van der Waals surface area contributed by atoms with Crippen LogP contribution in [0.25, 0.3) is 0 Å². The molecule has 2 aliphatic rings. The third kappa shape index (κ3) is 3.83. The molecule has 2 aliphatic heterocycles. The second-order valence-corrected chi connectivity index (χ2v) is 8.74. The van der Waals surface area contributed by atoms with Gasteiger partial charge in [-0.1, -0.05) is 6.07 Å². The van der Waals surface area contributed by atoms with Crippen molar-refractivity contribution in [3.05, 3.63) is 39.0 Å². The highest BCUT2D eigenvalue weighted by molar-refractivity contribution is 7.10. The Morgan fingerprint density at radius 3 is 2.83 bits per heavy atom. The van der Waals surface area contributed by atoms with Crippen molar-refractivity contribution in [1.29, 1.82) is 0 Å². The number of thiophene rings is 1. The largest absolute Gasteiger partial charge is 0.379 e. The summed E-state index contributed by atoms with van der Waals surface area (Å²) in [5.74, 6) is 0. The molecule has 0 N–H and O–H groups in total. The lowest BCUT2D eigenvalue weighted by Gasteiger charge is -2.31. The SMILES string of the molecule is c1csc(CN2CCOCC3(CCN(Cc4nccs4)C3)C2)c1. The van der Waals surface area contributed by atoms with Gasteiger partial charge in [0.2, 0.25) is 0 Å². The Bertz CT molecular complexity index is 601. The van der Waals surface area contributed by atoms with E-state index in [9.17, 15) is 0 Å². The second kappa shape index (κ2) is 6.99. The molecule has 0 bridgehead atoms. The normalized spacial score (nSPS) is 26.8. The third-order valence-corrected chi connectivity index (χ3v) is 6.46. The van der Waals surface area contributed by atoms with E-state index in [4.69, 9.17) is 4.74 Å². The van der Waals surface area contributed by atoms with Crippen LogP contribution in [0.4, 0.5) is 0 Å². The van der Waals surface area contributed by atoms with Crippen molar-refractivity contribution in [2.45, 2.75) is 19.5 Å². The number of hydrogen-bond donors (Lipinski definition) is 0. The molecule has 2 saturated heterocycles. The minimum Gasteiger partial charge on any atom is -0.379 e. The van der Waals surface area contributed by atoms with Gasteiger partial charge in [0.25, 0.3) is 0 Å². The first-order chi connectivity index (χ1) is 11.3. The van der Waals surface area contributed by atoms with E-state index in [-0.39, 0.29) is 0 Å². The van der Waals surface area contributed by atoms with Crippen LogP contribution in [-0.4, -0.2) is 54.2 Å². The fraction of sp³-hybridized carbons (Fsp3) is 0.588. The van der Waals surface area contributed by atoms with E-state index in [2.05, 4.69) is 37.7 Å². The summed E-state index contributed by atoms with van der Waals surface area (Å²) in [6.45, 7) is 8.32. The summed E-state index contributed by atoms with van der Waals surface area (Å²) in [6, 6.07) is 4.39. The molecule has 2 aromatic heterocycles. The molecule has 4 rings (SSSR count). The molecule has 4 nitrogen and oxygen atoms in total. The number of rotatable bonds is 4. The summed E-state index contributed by atoms with van der Waals surface area (Å²) in [5, 5.41) is 5.47. The Kier molecular flexibility index (Phi) is 4.78. The fourth-order valence-electron chi connectivity index (χ4n) is 3.77. The van der Waals surface area contributed by atoms with Crippen molar-refractivity contribution in [2.75, 3.05) is 39.4 Å². The fourth-order valence-corrected chi connectivity index (χ4v) is 5.17. The minimum absolute atomic E-state index is 0.297. The average Bonchev–Trinajstić information content (AvgIpc) is 3.25. The predicted molar refractivity (Wildman–Crippen MR) is 94.9 cm³/mol. The maximum atomic E-state index is 5.99. The number of likely N-dealkylation sites (tertiary alicyclic amines) is 1. The molecule has 23 heavy (non-hydrogen) atoms. The molecule has 124 valence electrons. The topological polar surface area (TPSA) is 28.6 Å². The van der Waals surface area contributed by atoms with E-state index in [1.807, 2.05) is 17.5 Å². The zero-order valence-electron chi connectivity index (χ0n) is 13.3. The molecule has 2 aromatic rings. The number of hydrogen-bond acceptors (Lipinski definition) is 6. The Hall–Kier alpha value is -0.790. The summed E-state index contributed by atoms with van der Waals surface area (Å²) < 4.78 is 5.99. The minimum atomic E-state index is 0.297. The molecule has 4 heterocycles. The lowest BCUT2D eigenvalue weighted by molar-refractivity contribution is 0.0706. The van der Waals surface area contributed by atoms with Gasteiger partial charge in [0.05, 0.1) is 19.8 Å². The molecule has 1 unspecified atom stereocenters. The van der Waals surface area contributed by atoms with Crippen LogP contribution in [-0.2, 0) is 17.8 Å². The third-order valence-electron chi connectivity index (χ3n) is 4.84. The molecule has 0 radical (unpaired) electrons. The standard InChI is InChI=1S/C17H23N3OS2/c1-2-15(22-8-1)10-20-6-7-21-14-17(13-20)3-5-19(12-17)11-16-18-4-9-23-16/h1-2,4,8-9H,3,5-7,10-14H2. The van der Waals surface area contributed by atoms with Gasteiger partial charge in [0, 0.05) is 48.0 Å². The Morgan fingerprint density at radius 2 is 2.04 bits per heavy atom. The first-order valence-corrected chi connectivity index (χ1v) is 10.0. The van der Waals surface area contributed by atoms with Gasteiger partial charge >= 0.3 is 0 Å². The zero-order chi connectivity index (χ0) is 15.5. The molecular weight excluding hydrogens is 326 g/mol. The summed E-state index contributed by atoms with van der Waals surface area (Å²) in [6.07, 6.45) is 3.14. The summed E-state index contributed by atoms with van der Waals surface area (Å²) >= 11 is 3.62. The van der Waals surface area contributed by atoms with Crippen LogP contribution in [0.15, 0.2) is 29.1 Å². The van der Waals surface area contributed by atoms with E-state index in [1.165, 1.54) is 16.3 Å². The smallest absolute Gasteiger partial charge is 0.107 e. The highest BCUT2D eigenvalue weighted by atomic mass is 32.1. The van der Waals surface area contributed by atoms with Crippen LogP contribution < -0.4 is 0 Å². The highest BCUT2D eigenvalue weighted by Gasteiger charge is 2.41. The van der Waals surface area contributed by atoms with Gasteiger partial charge in [0.15, 0.2) is 0 Å². The monoisotopic (exact) mass is 349 g/mol. The zero-order valence-corrected chi connectivity index (χ0v) is 15.0. The van der Waals surface area contributed by atoms with Crippen LogP contribution in [0.2, 0.25) is 0 Å².